The van der Waals surface area contributed by atoms with E-state index in [0.29, 0.717) is 23.7 Å². The van der Waals surface area contributed by atoms with Crippen molar-refractivity contribution in [3.8, 4) is 0 Å². The van der Waals surface area contributed by atoms with E-state index in [9.17, 15) is 4.79 Å². The third-order valence-electron chi connectivity index (χ3n) is 4.24. The second-order valence-electron chi connectivity index (χ2n) is 7.03. The van der Waals surface area contributed by atoms with Crippen LogP contribution in [-0.4, -0.2) is 47.3 Å². The average Bonchev–Trinajstić information content (AvgIpc) is 2.97. The van der Waals surface area contributed by atoms with Gasteiger partial charge < -0.3 is 14.5 Å². The summed E-state index contributed by atoms with van der Waals surface area (Å²) >= 11 is 5.86. The van der Waals surface area contributed by atoms with Gasteiger partial charge in [0.15, 0.2) is 0 Å². The maximum absolute atomic E-state index is 12.2. The number of aromatic nitrogens is 1. The smallest absolute Gasteiger partial charge is 0.410 e. The second-order valence-corrected chi connectivity index (χ2v) is 7.42. The van der Waals surface area contributed by atoms with E-state index in [0.717, 1.165) is 25.2 Å². The fourth-order valence-corrected chi connectivity index (χ4v) is 3.41. The molecule has 2 atom stereocenters. The lowest BCUT2D eigenvalue weighted by Gasteiger charge is -2.28. The van der Waals surface area contributed by atoms with Gasteiger partial charge >= 0.3 is 6.09 Å². The first-order valence-electron chi connectivity index (χ1n) is 7.69. The van der Waals surface area contributed by atoms with Crippen LogP contribution in [0.3, 0.4) is 0 Å². The molecule has 1 aromatic rings. The number of anilines is 1. The molecule has 0 radical (unpaired) electrons. The van der Waals surface area contributed by atoms with Crippen molar-refractivity contribution in [3.05, 3.63) is 23.5 Å². The van der Waals surface area contributed by atoms with Gasteiger partial charge in [-0.1, -0.05) is 11.6 Å². The highest BCUT2D eigenvalue weighted by Crippen LogP contribution is 2.35. The number of fused-ring (bicyclic) bond motifs is 1. The number of hydrogen-bond acceptors (Lipinski definition) is 4. The van der Waals surface area contributed by atoms with Crippen molar-refractivity contribution in [2.24, 2.45) is 5.92 Å². The first kappa shape index (κ1) is 15.4. The van der Waals surface area contributed by atoms with Crippen LogP contribution in [0.2, 0.25) is 5.15 Å². The Morgan fingerprint density at radius 3 is 2.77 bits per heavy atom. The van der Waals surface area contributed by atoms with Crippen LogP contribution in [0.5, 0.6) is 0 Å². The Morgan fingerprint density at radius 1 is 1.36 bits per heavy atom. The van der Waals surface area contributed by atoms with Crippen LogP contribution < -0.4 is 4.90 Å². The SMILES string of the molecule is CC(C)(C)OC(=O)N1C[C@@H]2CCN(c3ccc(Cl)nc3)[C@@H]2C1. The van der Waals surface area contributed by atoms with E-state index < -0.39 is 5.60 Å². The number of amides is 1. The van der Waals surface area contributed by atoms with Crippen LogP contribution >= 0.6 is 11.6 Å². The lowest BCUT2D eigenvalue weighted by atomic mass is 10.1. The molecule has 2 fully saturated rings. The van der Waals surface area contributed by atoms with Gasteiger partial charge in [0.25, 0.3) is 0 Å². The van der Waals surface area contributed by atoms with Gasteiger partial charge in [0, 0.05) is 25.6 Å². The van der Waals surface area contributed by atoms with Crippen LogP contribution in [0.15, 0.2) is 18.3 Å². The van der Waals surface area contributed by atoms with Crippen LogP contribution in [0.4, 0.5) is 10.5 Å². The molecule has 22 heavy (non-hydrogen) atoms. The number of carbonyl (C=O) groups excluding carboxylic acids is 1. The summed E-state index contributed by atoms with van der Waals surface area (Å²) in [6.45, 7) is 8.18. The first-order valence-corrected chi connectivity index (χ1v) is 8.07. The number of pyridine rings is 1. The van der Waals surface area contributed by atoms with E-state index in [4.69, 9.17) is 16.3 Å². The zero-order valence-electron chi connectivity index (χ0n) is 13.3. The summed E-state index contributed by atoms with van der Waals surface area (Å²) in [5, 5.41) is 0.501. The van der Waals surface area contributed by atoms with Gasteiger partial charge in [-0.25, -0.2) is 9.78 Å². The fraction of sp³-hybridized carbons (Fsp3) is 0.625. The fourth-order valence-electron chi connectivity index (χ4n) is 3.30. The Balaban J connectivity index is 1.68. The molecule has 2 aliphatic heterocycles. The average molecular weight is 324 g/mol. The summed E-state index contributed by atoms with van der Waals surface area (Å²) in [7, 11) is 0. The quantitative estimate of drug-likeness (QED) is 0.745. The van der Waals surface area contributed by atoms with E-state index in [1.807, 2.05) is 37.8 Å². The number of carbonyl (C=O) groups is 1. The van der Waals surface area contributed by atoms with E-state index in [1.54, 1.807) is 6.20 Å². The maximum atomic E-state index is 12.2. The third kappa shape index (κ3) is 3.14. The molecule has 5 nitrogen and oxygen atoms in total. The molecule has 1 amide bonds. The lowest BCUT2D eigenvalue weighted by molar-refractivity contribution is 0.0284. The molecule has 120 valence electrons. The van der Waals surface area contributed by atoms with E-state index >= 15 is 0 Å². The molecule has 0 aromatic carbocycles. The minimum Gasteiger partial charge on any atom is -0.444 e. The number of likely N-dealkylation sites (tertiary alicyclic amines) is 1. The minimum atomic E-state index is -0.450. The summed E-state index contributed by atoms with van der Waals surface area (Å²) in [4.78, 5) is 20.6. The molecule has 0 aliphatic carbocycles. The Bertz CT molecular complexity index is 556. The maximum Gasteiger partial charge on any atom is 0.410 e. The highest BCUT2D eigenvalue weighted by Gasteiger charge is 2.44. The van der Waals surface area contributed by atoms with Crippen molar-refractivity contribution in [1.29, 1.82) is 0 Å². The molecule has 1 aromatic heterocycles. The lowest BCUT2D eigenvalue weighted by Crippen LogP contribution is -2.39. The van der Waals surface area contributed by atoms with Crippen LogP contribution in [-0.2, 0) is 4.74 Å². The van der Waals surface area contributed by atoms with Crippen molar-refractivity contribution >= 4 is 23.4 Å². The van der Waals surface area contributed by atoms with Gasteiger partial charge in [-0.2, -0.15) is 0 Å². The molecule has 3 rings (SSSR count). The van der Waals surface area contributed by atoms with Crippen LogP contribution in [0, 0.1) is 5.92 Å². The van der Waals surface area contributed by atoms with Crippen LogP contribution in [0.25, 0.3) is 0 Å². The largest absolute Gasteiger partial charge is 0.444 e. The number of hydrogen-bond donors (Lipinski definition) is 0. The van der Waals surface area contributed by atoms with Gasteiger partial charge in [0.05, 0.1) is 17.9 Å². The summed E-state index contributed by atoms with van der Waals surface area (Å²) in [5.74, 6) is 0.503. The highest BCUT2D eigenvalue weighted by atomic mass is 35.5. The minimum absolute atomic E-state index is 0.212. The number of nitrogens with zero attached hydrogens (tertiary/aromatic N) is 3. The molecule has 3 heterocycles. The van der Waals surface area contributed by atoms with Crippen molar-refractivity contribution in [1.82, 2.24) is 9.88 Å². The monoisotopic (exact) mass is 323 g/mol. The first-order chi connectivity index (χ1) is 10.3. The van der Waals surface area contributed by atoms with Crippen molar-refractivity contribution in [2.45, 2.75) is 38.8 Å². The molecule has 2 saturated heterocycles. The summed E-state index contributed by atoms with van der Waals surface area (Å²) in [6, 6.07) is 4.15. The number of halogens is 1. The standard InChI is InChI=1S/C16H22ClN3O2/c1-16(2,3)22-15(21)19-9-11-6-7-20(13(11)10-19)12-4-5-14(17)18-8-12/h4-5,8,11,13H,6-7,9-10H2,1-3H3/t11-,13+/m0/s1. The van der Waals surface area contributed by atoms with Crippen molar-refractivity contribution in [2.75, 3.05) is 24.5 Å². The van der Waals surface area contributed by atoms with E-state index in [-0.39, 0.29) is 6.09 Å². The predicted octanol–water partition coefficient (Wildman–Crippen LogP) is 3.18. The summed E-state index contributed by atoms with van der Waals surface area (Å²) in [6.07, 6.45) is 2.68. The van der Waals surface area contributed by atoms with Gasteiger partial charge in [-0.15, -0.1) is 0 Å². The summed E-state index contributed by atoms with van der Waals surface area (Å²) in [5.41, 5.74) is 0.622. The Labute approximate surface area is 136 Å². The summed E-state index contributed by atoms with van der Waals surface area (Å²) < 4.78 is 5.48. The molecular weight excluding hydrogens is 302 g/mol. The number of ether oxygens (including phenoxy) is 1. The Kier molecular flexibility index (Phi) is 3.93. The van der Waals surface area contributed by atoms with E-state index in [1.165, 1.54) is 0 Å². The molecule has 0 unspecified atom stereocenters. The van der Waals surface area contributed by atoms with Gasteiger partial charge in [0.2, 0.25) is 0 Å². The van der Waals surface area contributed by atoms with Gasteiger partial charge in [-0.05, 0) is 39.3 Å². The number of rotatable bonds is 1. The zero-order valence-corrected chi connectivity index (χ0v) is 14.0. The van der Waals surface area contributed by atoms with Crippen LogP contribution in [0.1, 0.15) is 27.2 Å². The molecule has 2 aliphatic rings. The molecule has 0 saturated carbocycles. The molecule has 6 heteroatoms. The molecule has 0 N–H and O–H groups in total. The second kappa shape index (κ2) is 5.61. The molecule has 0 spiro atoms. The predicted molar refractivity (Wildman–Crippen MR) is 86.3 cm³/mol. The van der Waals surface area contributed by atoms with Gasteiger partial charge in [0.1, 0.15) is 10.8 Å². The zero-order chi connectivity index (χ0) is 15.9. The molecular formula is C16H22ClN3O2. The van der Waals surface area contributed by atoms with Crippen molar-refractivity contribution in [3.63, 3.8) is 0 Å². The third-order valence-corrected chi connectivity index (χ3v) is 4.47. The molecule has 0 bridgehead atoms. The Morgan fingerprint density at radius 2 is 2.14 bits per heavy atom. The topological polar surface area (TPSA) is 45.7 Å². The highest BCUT2D eigenvalue weighted by molar-refractivity contribution is 6.29. The van der Waals surface area contributed by atoms with Crippen molar-refractivity contribution < 1.29 is 9.53 Å². The van der Waals surface area contributed by atoms with Gasteiger partial charge in [-0.3, -0.25) is 0 Å². The Hall–Kier alpha value is -1.49. The van der Waals surface area contributed by atoms with E-state index in [2.05, 4.69) is 9.88 Å². The normalized spacial score (nSPS) is 24.5.